The number of piperazine rings is 1. The van der Waals surface area contributed by atoms with Crippen LogP contribution in [0.25, 0.3) is 11.0 Å². The summed E-state index contributed by atoms with van der Waals surface area (Å²) in [7, 11) is 0. The van der Waals surface area contributed by atoms with E-state index in [1.165, 1.54) is 12.1 Å². The molecule has 2 heterocycles. The molecule has 1 aliphatic heterocycles. The predicted molar refractivity (Wildman–Crippen MR) is 98.0 cm³/mol. The summed E-state index contributed by atoms with van der Waals surface area (Å²) in [4.78, 5) is 27.5. The van der Waals surface area contributed by atoms with E-state index in [0.717, 1.165) is 5.56 Å². The molecule has 1 N–H and O–H groups in total. The quantitative estimate of drug-likeness (QED) is 0.889. The molecular formula is C19H24FN3O4. The highest BCUT2D eigenvalue weighted by atomic mass is 19.1. The smallest absolute Gasteiger partial charge is 0.409 e. The molecule has 146 valence electrons. The molecule has 1 aliphatic rings. The van der Waals surface area contributed by atoms with E-state index in [1.807, 2.05) is 13.8 Å². The fourth-order valence-electron chi connectivity index (χ4n) is 3.27. The van der Waals surface area contributed by atoms with E-state index in [0.29, 0.717) is 49.5 Å². The molecule has 0 saturated carbocycles. The Morgan fingerprint density at radius 3 is 2.59 bits per heavy atom. The summed E-state index contributed by atoms with van der Waals surface area (Å²) in [6.45, 7) is 7.50. The van der Waals surface area contributed by atoms with Crippen LogP contribution in [0, 0.1) is 12.7 Å². The number of benzene rings is 1. The zero-order chi connectivity index (χ0) is 19.6. The molecule has 0 bridgehead atoms. The van der Waals surface area contributed by atoms with E-state index in [4.69, 9.17) is 9.15 Å². The summed E-state index contributed by atoms with van der Waals surface area (Å²) >= 11 is 0. The minimum absolute atomic E-state index is 0.225. The van der Waals surface area contributed by atoms with E-state index >= 15 is 0 Å². The molecule has 8 heteroatoms. The number of amides is 3. The molecular weight excluding hydrogens is 353 g/mol. The minimum atomic E-state index is -0.365. The second kappa shape index (κ2) is 7.85. The molecule has 0 spiro atoms. The number of ether oxygens (including phenoxy) is 1. The van der Waals surface area contributed by atoms with Gasteiger partial charge in [0.2, 0.25) is 0 Å². The van der Waals surface area contributed by atoms with E-state index in [-0.39, 0.29) is 24.0 Å². The average molecular weight is 377 g/mol. The van der Waals surface area contributed by atoms with Crippen LogP contribution < -0.4 is 5.32 Å². The monoisotopic (exact) mass is 377 g/mol. The minimum Gasteiger partial charge on any atom is -0.459 e. The van der Waals surface area contributed by atoms with Crippen LogP contribution in [0.2, 0.25) is 0 Å². The number of urea groups is 1. The number of nitrogens with zero attached hydrogens (tertiary/aromatic N) is 2. The number of nitrogens with one attached hydrogen (secondary N) is 1. The summed E-state index contributed by atoms with van der Waals surface area (Å²) in [6.07, 6.45) is -0.351. The first kappa shape index (κ1) is 19.0. The topological polar surface area (TPSA) is 75.0 Å². The SMILES string of the molecule is CCOC(=O)N1CCN(C(=O)NC(C)c2oc3ccc(F)cc3c2C)CC1. The third kappa shape index (κ3) is 3.99. The second-order valence-corrected chi connectivity index (χ2v) is 6.58. The number of furan rings is 1. The molecule has 27 heavy (non-hydrogen) atoms. The van der Waals surface area contributed by atoms with Crippen molar-refractivity contribution in [2.45, 2.75) is 26.8 Å². The van der Waals surface area contributed by atoms with Gasteiger partial charge in [0.05, 0.1) is 12.6 Å². The van der Waals surface area contributed by atoms with Crippen LogP contribution in [0.5, 0.6) is 0 Å². The van der Waals surface area contributed by atoms with Gasteiger partial charge in [-0.15, -0.1) is 0 Å². The van der Waals surface area contributed by atoms with Gasteiger partial charge in [-0.1, -0.05) is 0 Å². The van der Waals surface area contributed by atoms with Gasteiger partial charge in [0.15, 0.2) is 0 Å². The Morgan fingerprint density at radius 2 is 1.93 bits per heavy atom. The Kier molecular flexibility index (Phi) is 5.53. The van der Waals surface area contributed by atoms with Gasteiger partial charge in [-0.2, -0.15) is 0 Å². The Balaban J connectivity index is 1.62. The lowest BCUT2D eigenvalue weighted by molar-refractivity contribution is 0.0847. The maximum Gasteiger partial charge on any atom is 0.409 e. The maximum absolute atomic E-state index is 13.5. The normalized spacial score (nSPS) is 15.7. The average Bonchev–Trinajstić information content (AvgIpc) is 2.98. The molecule has 3 rings (SSSR count). The van der Waals surface area contributed by atoms with Crippen LogP contribution in [0.1, 0.15) is 31.2 Å². The number of hydrogen-bond acceptors (Lipinski definition) is 4. The third-order valence-corrected chi connectivity index (χ3v) is 4.76. The number of halogens is 1. The summed E-state index contributed by atoms with van der Waals surface area (Å²) in [5.74, 6) is 0.281. The number of rotatable bonds is 3. The highest BCUT2D eigenvalue weighted by Crippen LogP contribution is 2.30. The third-order valence-electron chi connectivity index (χ3n) is 4.76. The molecule has 3 amide bonds. The maximum atomic E-state index is 13.5. The summed E-state index contributed by atoms with van der Waals surface area (Å²) in [5.41, 5.74) is 1.40. The Labute approximate surface area is 157 Å². The zero-order valence-electron chi connectivity index (χ0n) is 15.8. The van der Waals surface area contributed by atoms with E-state index in [2.05, 4.69) is 5.32 Å². The number of hydrogen-bond donors (Lipinski definition) is 1. The fourth-order valence-corrected chi connectivity index (χ4v) is 3.27. The number of carbonyl (C=O) groups excluding carboxylic acids is 2. The summed E-state index contributed by atoms with van der Waals surface area (Å²) < 4.78 is 24.3. The van der Waals surface area contributed by atoms with Gasteiger partial charge in [0.25, 0.3) is 0 Å². The first-order chi connectivity index (χ1) is 12.9. The van der Waals surface area contributed by atoms with E-state index in [9.17, 15) is 14.0 Å². The molecule has 1 aromatic heterocycles. The number of carbonyl (C=O) groups is 2. The molecule has 1 atom stereocenters. The van der Waals surface area contributed by atoms with Crippen LogP contribution >= 0.6 is 0 Å². The Bertz CT molecular complexity index is 843. The number of aryl methyl sites for hydroxylation is 1. The van der Waals surface area contributed by atoms with Crippen molar-refractivity contribution in [3.63, 3.8) is 0 Å². The predicted octanol–water partition coefficient (Wildman–Crippen LogP) is 3.43. The van der Waals surface area contributed by atoms with Crippen LogP contribution in [-0.2, 0) is 4.74 Å². The standard InChI is InChI=1S/C19H24FN3O4/c1-4-26-19(25)23-9-7-22(8-10-23)18(24)21-13(3)17-12(2)15-11-14(20)5-6-16(15)27-17/h5-6,11,13H,4,7-10H2,1-3H3,(H,21,24). The molecule has 0 radical (unpaired) electrons. The van der Waals surface area contributed by atoms with Crippen molar-refractivity contribution in [1.29, 1.82) is 0 Å². The van der Waals surface area contributed by atoms with Gasteiger partial charge in [-0.05, 0) is 39.0 Å². The lowest BCUT2D eigenvalue weighted by Gasteiger charge is -2.34. The second-order valence-electron chi connectivity index (χ2n) is 6.58. The fraction of sp³-hybridized carbons (Fsp3) is 0.474. The van der Waals surface area contributed by atoms with Crippen molar-refractivity contribution in [2.24, 2.45) is 0 Å². The van der Waals surface area contributed by atoms with Gasteiger partial charge in [0, 0.05) is 37.1 Å². The van der Waals surface area contributed by atoms with Gasteiger partial charge in [-0.25, -0.2) is 14.0 Å². The molecule has 1 saturated heterocycles. The van der Waals surface area contributed by atoms with Gasteiger partial charge < -0.3 is 24.3 Å². The van der Waals surface area contributed by atoms with E-state index in [1.54, 1.807) is 22.8 Å². The first-order valence-corrected chi connectivity index (χ1v) is 9.06. The highest BCUT2D eigenvalue weighted by molar-refractivity contribution is 5.82. The lowest BCUT2D eigenvalue weighted by atomic mass is 10.1. The molecule has 0 aliphatic carbocycles. The van der Waals surface area contributed by atoms with Gasteiger partial charge >= 0.3 is 12.1 Å². The molecule has 1 unspecified atom stereocenters. The zero-order valence-corrected chi connectivity index (χ0v) is 15.8. The summed E-state index contributed by atoms with van der Waals surface area (Å²) in [5, 5.41) is 3.62. The van der Waals surface area contributed by atoms with Crippen LogP contribution in [0.3, 0.4) is 0 Å². The van der Waals surface area contributed by atoms with Crippen molar-refractivity contribution in [1.82, 2.24) is 15.1 Å². The first-order valence-electron chi connectivity index (χ1n) is 9.06. The van der Waals surface area contributed by atoms with Crippen molar-refractivity contribution in [2.75, 3.05) is 32.8 Å². The lowest BCUT2D eigenvalue weighted by Crippen LogP contribution is -2.53. The van der Waals surface area contributed by atoms with Crippen molar-refractivity contribution in [3.05, 3.63) is 35.3 Å². The molecule has 1 fully saturated rings. The van der Waals surface area contributed by atoms with Crippen LogP contribution in [0.4, 0.5) is 14.0 Å². The highest BCUT2D eigenvalue weighted by Gasteiger charge is 2.26. The van der Waals surface area contributed by atoms with Crippen LogP contribution in [-0.4, -0.2) is 54.7 Å². The Morgan fingerprint density at radius 1 is 1.26 bits per heavy atom. The van der Waals surface area contributed by atoms with Gasteiger partial charge in [0.1, 0.15) is 17.2 Å². The molecule has 1 aromatic carbocycles. The molecule has 2 aromatic rings. The van der Waals surface area contributed by atoms with E-state index < -0.39 is 0 Å². The van der Waals surface area contributed by atoms with Crippen LogP contribution in [0.15, 0.2) is 22.6 Å². The van der Waals surface area contributed by atoms with Crippen molar-refractivity contribution < 1.29 is 23.1 Å². The Hall–Kier alpha value is -2.77. The van der Waals surface area contributed by atoms with Gasteiger partial charge in [-0.3, -0.25) is 0 Å². The van der Waals surface area contributed by atoms with Crippen molar-refractivity contribution in [3.8, 4) is 0 Å². The largest absolute Gasteiger partial charge is 0.459 e. The molecule has 7 nitrogen and oxygen atoms in total. The summed E-state index contributed by atoms with van der Waals surface area (Å²) in [6, 6.07) is 3.78. The van der Waals surface area contributed by atoms with Crippen molar-refractivity contribution >= 4 is 23.1 Å². The number of fused-ring (bicyclic) bond motifs is 1.